The highest BCUT2D eigenvalue weighted by atomic mass is 16.6. The average molecular weight is 336 g/mol. The largest absolute Gasteiger partial charge is 0.306 e. The molecule has 1 aliphatic heterocycles. The molecule has 2 aromatic rings. The lowest BCUT2D eigenvalue weighted by Gasteiger charge is -2.14. The number of benzene rings is 2. The van der Waals surface area contributed by atoms with Crippen LogP contribution in [0.1, 0.15) is 24.5 Å². The third kappa shape index (κ3) is 3.30. The molecule has 1 aliphatic rings. The SMILES string of the molecule is CCCN1C(=O)/C(=N/N=C\c2cccc([N+](=O)[O-])c2)c2ccccc21. The first kappa shape index (κ1) is 16.5. The summed E-state index contributed by atoms with van der Waals surface area (Å²) < 4.78 is 0. The van der Waals surface area contributed by atoms with Crippen molar-refractivity contribution in [3.63, 3.8) is 0 Å². The summed E-state index contributed by atoms with van der Waals surface area (Å²) in [6, 6.07) is 13.5. The third-order valence-electron chi connectivity index (χ3n) is 3.79. The van der Waals surface area contributed by atoms with Crippen molar-refractivity contribution in [1.82, 2.24) is 0 Å². The topological polar surface area (TPSA) is 88.2 Å². The Balaban J connectivity index is 1.90. The molecule has 0 atom stereocenters. The number of nitrogens with zero attached hydrogens (tertiary/aromatic N) is 4. The number of amides is 1. The molecule has 0 spiro atoms. The van der Waals surface area contributed by atoms with Crippen LogP contribution >= 0.6 is 0 Å². The number of rotatable bonds is 5. The van der Waals surface area contributed by atoms with Crippen LogP contribution in [0, 0.1) is 10.1 Å². The van der Waals surface area contributed by atoms with E-state index in [1.807, 2.05) is 31.2 Å². The van der Waals surface area contributed by atoms with E-state index in [0.29, 0.717) is 12.1 Å². The van der Waals surface area contributed by atoms with Crippen LogP contribution in [-0.4, -0.2) is 29.3 Å². The maximum atomic E-state index is 12.6. The Morgan fingerprint density at radius 3 is 2.76 bits per heavy atom. The van der Waals surface area contributed by atoms with Crippen molar-refractivity contribution >= 4 is 29.2 Å². The van der Waals surface area contributed by atoms with Crippen LogP contribution < -0.4 is 4.90 Å². The van der Waals surface area contributed by atoms with E-state index >= 15 is 0 Å². The number of hydrogen-bond donors (Lipinski definition) is 0. The Bertz CT molecular complexity index is 889. The van der Waals surface area contributed by atoms with Crippen LogP contribution in [0.15, 0.2) is 58.7 Å². The summed E-state index contributed by atoms with van der Waals surface area (Å²) in [4.78, 5) is 24.6. The van der Waals surface area contributed by atoms with E-state index in [1.54, 1.807) is 17.0 Å². The van der Waals surface area contributed by atoms with Gasteiger partial charge in [-0.1, -0.05) is 37.3 Å². The molecule has 1 heterocycles. The zero-order valence-corrected chi connectivity index (χ0v) is 13.6. The van der Waals surface area contributed by atoms with E-state index in [-0.39, 0.29) is 17.3 Å². The molecule has 0 aromatic heterocycles. The van der Waals surface area contributed by atoms with E-state index in [4.69, 9.17) is 0 Å². The van der Waals surface area contributed by atoms with Crippen LogP contribution in [0.5, 0.6) is 0 Å². The van der Waals surface area contributed by atoms with Gasteiger partial charge in [-0.3, -0.25) is 14.9 Å². The number of para-hydroxylation sites is 1. The molecule has 0 N–H and O–H groups in total. The monoisotopic (exact) mass is 336 g/mol. The van der Waals surface area contributed by atoms with Crippen molar-refractivity contribution < 1.29 is 9.72 Å². The summed E-state index contributed by atoms with van der Waals surface area (Å²) >= 11 is 0. The highest BCUT2D eigenvalue weighted by molar-refractivity contribution is 6.54. The van der Waals surface area contributed by atoms with Gasteiger partial charge < -0.3 is 4.90 Å². The summed E-state index contributed by atoms with van der Waals surface area (Å²) in [5, 5.41) is 18.8. The van der Waals surface area contributed by atoms with Crippen molar-refractivity contribution in [3.05, 3.63) is 69.8 Å². The number of nitro groups is 1. The molecular weight excluding hydrogens is 320 g/mol. The molecule has 0 fully saturated rings. The van der Waals surface area contributed by atoms with Crippen molar-refractivity contribution in [2.75, 3.05) is 11.4 Å². The lowest BCUT2D eigenvalue weighted by Crippen LogP contribution is -2.30. The molecule has 0 radical (unpaired) electrons. The molecule has 7 heteroatoms. The van der Waals surface area contributed by atoms with Gasteiger partial charge in [0.15, 0.2) is 5.71 Å². The van der Waals surface area contributed by atoms with Gasteiger partial charge in [-0.25, -0.2) is 0 Å². The minimum absolute atomic E-state index is 0.0204. The lowest BCUT2D eigenvalue weighted by molar-refractivity contribution is -0.384. The fraction of sp³-hybridized carbons (Fsp3) is 0.167. The van der Waals surface area contributed by atoms with Crippen LogP contribution in [0.2, 0.25) is 0 Å². The molecule has 25 heavy (non-hydrogen) atoms. The fourth-order valence-corrected chi connectivity index (χ4v) is 2.68. The second-order valence-electron chi connectivity index (χ2n) is 5.52. The Kier molecular flexibility index (Phi) is 4.65. The molecular formula is C18H16N4O3. The molecule has 126 valence electrons. The minimum atomic E-state index is -0.470. The van der Waals surface area contributed by atoms with E-state index in [2.05, 4.69) is 10.2 Å². The molecule has 2 aromatic carbocycles. The second kappa shape index (κ2) is 7.04. The number of fused-ring (bicyclic) bond motifs is 1. The summed E-state index contributed by atoms with van der Waals surface area (Å²) in [6.45, 7) is 2.62. The minimum Gasteiger partial charge on any atom is -0.306 e. The number of hydrogen-bond acceptors (Lipinski definition) is 5. The van der Waals surface area contributed by atoms with Crippen LogP contribution in [0.25, 0.3) is 0 Å². The molecule has 3 rings (SSSR count). The van der Waals surface area contributed by atoms with Gasteiger partial charge >= 0.3 is 0 Å². The van der Waals surface area contributed by atoms with E-state index < -0.39 is 4.92 Å². The summed E-state index contributed by atoms with van der Waals surface area (Å²) in [7, 11) is 0. The highest BCUT2D eigenvalue weighted by Gasteiger charge is 2.33. The Morgan fingerprint density at radius 1 is 1.20 bits per heavy atom. The summed E-state index contributed by atoms with van der Waals surface area (Å²) in [5.41, 5.74) is 2.39. The molecule has 0 aliphatic carbocycles. The maximum absolute atomic E-state index is 12.6. The van der Waals surface area contributed by atoms with Gasteiger partial charge in [-0.2, -0.15) is 5.10 Å². The number of anilines is 1. The van der Waals surface area contributed by atoms with Gasteiger partial charge in [0.25, 0.3) is 11.6 Å². The van der Waals surface area contributed by atoms with Gasteiger partial charge in [-0.05, 0) is 12.5 Å². The molecule has 0 bridgehead atoms. The van der Waals surface area contributed by atoms with Gasteiger partial charge in [0.1, 0.15) is 0 Å². The molecule has 7 nitrogen and oxygen atoms in total. The Morgan fingerprint density at radius 2 is 2.00 bits per heavy atom. The molecule has 0 saturated heterocycles. The smallest absolute Gasteiger partial charge is 0.279 e. The summed E-state index contributed by atoms with van der Waals surface area (Å²) in [6.07, 6.45) is 2.24. The number of nitro benzene ring substituents is 1. The zero-order chi connectivity index (χ0) is 17.8. The first-order valence-electron chi connectivity index (χ1n) is 7.88. The average Bonchev–Trinajstić information content (AvgIpc) is 2.88. The van der Waals surface area contributed by atoms with Crippen molar-refractivity contribution in [2.45, 2.75) is 13.3 Å². The van der Waals surface area contributed by atoms with Gasteiger partial charge in [0.05, 0.1) is 16.8 Å². The predicted molar refractivity (Wildman–Crippen MR) is 96.3 cm³/mol. The Labute approximate surface area is 144 Å². The summed E-state index contributed by atoms with van der Waals surface area (Å²) in [5.74, 6) is -0.181. The van der Waals surface area contributed by atoms with Gasteiger partial charge in [0.2, 0.25) is 0 Å². The first-order chi connectivity index (χ1) is 12.1. The zero-order valence-electron chi connectivity index (χ0n) is 13.6. The van der Waals surface area contributed by atoms with Gasteiger partial charge in [-0.15, -0.1) is 5.10 Å². The standard InChI is InChI=1S/C18H16N4O3/c1-2-10-21-16-9-4-3-8-15(16)17(18(21)23)20-19-12-13-6-5-7-14(11-13)22(24)25/h3-9,11-12H,2,10H2,1H3/b19-12-,20-17+. The van der Waals surface area contributed by atoms with Crippen molar-refractivity contribution in [3.8, 4) is 0 Å². The highest BCUT2D eigenvalue weighted by Crippen LogP contribution is 2.29. The van der Waals surface area contributed by atoms with E-state index in [0.717, 1.165) is 17.7 Å². The fourth-order valence-electron chi connectivity index (χ4n) is 2.68. The van der Waals surface area contributed by atoms with Crippen LogP contribution in [0.3, 0.4) is 0 Å². The first-order valence-corrected chi connectivity index (χ1v) is 7.88. The van der Waals surface area contributed by atoms with Crippen LogP contribution in [0.4, 0.5) is 11.4 Å². The third-order valence-corrected chi connectivity index (χ3v) is 3.79. The molecule has 0 unspecified atom stereocenters. The maximum Gasteiger partial charge on any atom is 0.279 e. The number of carbonyl (C=O) groups is 1. The van der Waals surface area contributed by atoms with Crippen molar-refractivity contribution in [2.24, 2.45) is 10.2 Å². The Hall–Kier alpha value is -3.35. The van der Waals surface area contributed by atoms with Crippen molar-refractivity contribution in [1.29, 1.82) is 0 Å². The number of non-ortho nitro benzene ring substituents is 1. The normalized spacial score (nSPS) is 15.2. The molecule has 0 saturated carbocycles. The van der Waals surface area contributed by atoms with Crippen LogP contribution in [-0.2, 0) is 4.79 Å². The predicted octanol–water partition coefficient (Wildman–Crippen LogP) is 3.17. The quantitative estimate of drug-likeness (QED) is 0.477. The van der Waals surface area contributed by atoms with E-state index in [1.165, 1.54) is 18.3 Å². The number of carbonyl (C=O) groups excluding carboxylic acids is 1. The van der Waals surface area contributed by atoms with Gasteiger partial charge in [0, 0.05) is 29.8 Å². The molecule has 1 amide bonds. The second-order valence-corrected chi connectivity index (χ2v) is 5.52. The lowest BCUT2D eigenvalue weighted by atomic mass is 10.1. The van der Waals surface area contributed by atoms with E-state index in [9.17, 15) is 14.9 Å².